The van der Waals surface area contributed by atoms with Gasteiger partial charge in [0.05, 0.1) is 0 Å². The molecular formula is C73H126O6. The molecule has 0 aromatic rings. The van der Waals surface area contributed by atoms with Gasteiger partial charge in [0.2, 0.25) is 0 Å². The fraction of sp³-hybridized carbons (Fsp3) is 0.740. The molecule has 0 N–H and O–H groups in total. The summed E-state index contributed by atoms with van der Waals surface area (Å²) in [5, 5.41) is 0. The van der Waals surface area contributed by atoms with E-state index in [2.05, 4.69) is 112 Å². The molecule has 1 atom stereocenters. The molecule has 454 valence electrons. The summed E-state index contributed by atoms with van der Waals surface area (Å²) in [6.07, 6.45) is 90.3. The van der Waals surface area contributed by atoms with Crippen LogP contribution in [0.2, 0.25) is 0 Å². The number of unbranched alkanes of at least 4 members (excludes halogenated alkanes) is 34. The summed E-state index contributed by atoms with van der Waals surface area (Å²) in [6.45, 7) is 6.42. The van der Waals surface area contributed by atoms with E-state index in [9.17, 15) is 14.4 Å². The van der Waals surface area contributed by atoms with Gasteiger partial charge in [-0.15, -0.1) is 0 Å². The van der Waals surface area contributed by atoms with Gasteiger partial charge in [0, 0.05) is 19.3 Å². The first-order valence-electron chi connectivity index (χ1n) is 33.7. The number of hydrogen-bond acceptors (Lipinski definition) is 6. The van der Waals surface area contributed by atoms with Crippen LogP contribution >= 0.6 is 0 Å². The third-order valence-electron chi connectivity index (χ3n) is 14.6. The summed E-state index contributed by atoms with van der Waals surface area (Å²) in [7, 11) is 0. The highest BCUT2D eigenvalue weighted by molar-refractivity contribution is 5.71. The van der Waals surface area contributed by atoms with E-state index in [4.69, 9.17) is 14.2 Å². The monoisotopic (exact) mass is 1100 g/mol. The fourth-order valence-electron chi connectivity index (χ4n) is 9.57. The van der Waals surface area contributed by atoms with Gasteiger partial charge in [-0.3, -0.25) is 14.4 Å². The first-order valence-corrected chi connectivity index (χ1v) is 33.7. The number of carbonyl (C=O) groups is 3. The van der Waals surface area contributed by atoms with Crippen molar-refractivity contribution in [3.05, 3.63) is 97.2 Å². The lowest BCUT2D eigenvalue weighted by Gasteiger charge is -2.18. The molecule has 0 saturated carbocycles. The Morgan fingerprint density at radius 3 is 0.873 bits per heavy atom. The number of allylic oxidation sites excluding steroid dienone is 16. The van der Waals surface area contributed by atoms with Crippen LogP contribution in [-0.4, -0.2) is 37.2 Å². The van der Waals surface area contributed by atoms with E-state index in [0.717, 1.165) is 109 Å². The van der Waals surface area contributed by atoms with E-state index >= 15 is 0 Å². The molecule has 1 unspecified atom stereocenters. The van der Waals surface area contributed by atoms with Gasteiger partial charge >= 0.3 is 17.9 Å². The van der Waals surface area contributed by atoms with Gasteiger partial charge in [0.15, 0.2) is 6.10 Å². The Morgan fingerprint density at radius 1 is 0.266 bits per heavy atom. The summed E-state index contributed by atoms with van der Waals surface area (Å²) in [4.78, 5) is 38.3. The molecule has 0 spiro atoms. The van der Waals surface area contributed by atoms with Crippen molar-refractivity contribution in [3.63, 3.8) is 0 Å². The van der Waals surface area contributed by atoms with Crippen molar-refractivity contribution in [2.45, 2.75) is 335 Å². The Kier molecular flexibility index (Phi) is 63.7. The molecule has 0 radical (unpaired) electrons. The van der Waals surface area contributed by atoms with Gasteiger partial charge in [0.25, 0.3) is 0 Å². The molecule has 0 heterocycles. The van der Waals surface area contributed by atoms with E-state index in [1.807, 2.05) is 6.08 Å². The highest BCUT2D eigenvalue weighted by atomic mass is 16.6. The van der Waals surface area contributed by atoms with E-state index in [0.29, 0.717) is 19.3 Å². The lowest BCUT2D eigenvalue weighted by molar-refractivity contribution is -0.166. The molecule has 0 aliphatic carbocycles. The van der Waals surface area contributed by atoms with Crippen LogP contribution in [0, 0.1) is 0 Å². The Labute approximate surface area is 489 Å². The molecule has 0 aromatic carbocycles. The second-order valence-corrected chi connectivity index (χ2v) is 22.4. The van der Waals surface area contributed by atoms with E-state index in [1.54, 1.807) is 0 Å². The molecule has 0 aliphatic heterocycles. The Balaban J connectivity index is 4.29. The smallest absolute Gasteiger partial charge is 0.306 e. The van der Waals surface area contributed by atoms with Gasteiger partial charge in [-0.25, -0.2) is 0 Å². The minimum Gasteiger partial charge on any atom is -0.462 e. The van der Waals surface area contributed by atoms with Gasteiger partial charge in [-0.05, 0) is 83.5 Å². The highest BCUT2D eigenvalue weighted by Gasteiger charge is 2.19. The topological polar surface area (TPSA) is 78.9 Å². The van der Waals surface area contributed by atoms with Crippen LogP contribution in [-0.2, 0) is 28.6 Å². The van der Waals surface area contributed by atoms with Gasteiger partial charge in [0.1, 0.15) is 13.2 Å². The zero-order valence-corrected chi connectivity index (χ0v) is 52.1. The van der Waals surface area contributed by atoms with E-state index in [-0.39, 0.29) is 31.6 Å². The molecule has 0 amide bonds. The Hall–Kier alpha value is -3.67. The molecule has 79 heavy (non-hydrogen) atoms. The minimum absolute atomic E-state index is 0.110. The zero-order chi connectivity index (χ0) is 57.1. The van der Waals surface area contributed by atoms with Crippen molar-refractivity contribution in [2.75, 3.05) is 13.2 Å². The molecule has 0 rings (SSSR count). The quantitative estimate of drug-likeness (QED) is 0.0261. The summed E-state index contributed by atoms with van der Waals surface area (Å²) >= 11 is 0. The molecule has 6 heteroatoms. The van der Waals surface area contributed by atoms with Crippen LogP contribution in [0.5, 0.6) is 0 Å². The molecule has 0 aliphatic rings. The molecule has 0 bridgehead atoms. The molecule has 6 nitrogen and oxygen atoms in total. The lowest BCUT2D eigenvalue weighted by Crippen LogP contribution is -2.30. The maximum atomic E-state index is 12.9. The zero-order valence-electron chi connectivity index (χ0n) is 52.1. The van der Waals surface area contributed by atoms with Crippen molar-refractivity contribution in [2.24, 2.45) is 0 Å². The average molecular weight is 1100 g/mol. The standard InChI is InChI=1S/C73H126O6/c1-4-7-10-13-16-19-22-25-27-29-31-32-33-34-35-36-37-38-39-40-42-43-45-48-51-54-57-60-63-66-72(75)78-69-70(68-77-71(74)65-62-59-56-53-50-47-24-21-18-15-12-9-6-3)79-73(76)67-64-61-58-55-52-49-46-44-41-30-28-26-23-20-17-14-11-8-5-2/h8,11-12,15,17,20-21,24,26,28,41,44,49,52,58,61,70H,4-7,9-10,13-14,16,18-19,22-23,25,27,29-40,42-43,45-48,50-51,53-57,59-60,62-69H2,1-3H3/b11-8-,15-12-,20-17-,24-21-,28-26-,44-41-,52-49-,61-58-. The number of hydrogen-bond donors (Lipinski definition) is 0. The minimum atomic E-state index is -0.825. The van der Waals surface area contributed by atoms with E-state index in [1.165, 1.54) is 173 Å². The number of esters is 3. The fourth-order valence-corrected chi connectivity index (χ4v) is 9.57. The summed E-state index contributed by atoms with van der Waals surface area (Å²) in [5.74, 6) is -1.000. The van der Waals surface area contributed by atoms with Gasteiger partial charge in [-0.2, -0.15) is 0 Å². The summed E-state index contributed by atoms with van der Waals surface area (Å²) in [6, 6.07) is 0. The molecule has 0 saturated heterocycles. The van der Waals surface area contributed by atoms with Crippen molar-refractivity contribution in [1.82, 2.24) is 0 Å². The third kappa shape index (κ3) is 65.0. The van der Waals surface area contributed by atoms with Crippen LogP contribution in [0.1, 0.15) is 329 Å². The molecule has 0 aromatic heterocycles. The van der Waals surface area contributed by atoms with Crippen molar-refractivity contribution in [1.29, 1.82) is 0 Å². The van der Waals surface area contributed by atoms with Crippen LogP contribution in [0.15, 0.2) is 97.2 Å². The van der Waals surface area contributed by atoms with Crippen LogP contribution in [0.3, 0.4) is 0 Å². The largest absolute Gasteiger partial charge is 0.462 e. The second-order valence-electron chi connectivity index (χ2n) is 22.4. The maximum Gasteiger partial charge on any atom is 0.306 e. The molecule has 0 fully saturated rings. The maximum absolute atomic E-state index is 12.9. The Morgan fingerprint density at radius 2 is 0.544 bits per heavy atom. The van der Waals surface area contributed by atoms with Gasteiger partial charge < -0.3 is 14.2 Å². The summed E-state index contributed by atoms with van der Waals surface area (Å²) < 4.78 is 16.8. The highest BCUT2D eigenvalue weighted by Crippen LogP contribution is 2.18. The van der Waals surface area contributed by atoms with Crippen molar-refractivity contribution < 1.29 is 28.6 Å². The first kappa shape index (κ1) is 75.3. The number of rotatable bonds is 61. The van der Waals surface area contributed by atoms with E-state index < -0.39 is 12.1 Å². The third-order valence-corrected chi connectivity index (χ3v) is 14.6. The van der Waals surface area contributed by atoms with Crippen molar-refractivity contribution in [3.8, 4) is 0 Å². The predicted octanol–water partition coefficient (Wildman–Crippen LogP) is 23.2. The normalized spacial score (nSPS) is 12.7. The van der Waals surface area contributed by atoms with Gasteiger partial charge in [-0.1, -0.05) is 323 Å². The lowest BCUT2D eigenvalue weighted by atomic mass is 10.0. The number of ether oxygens (including phenoxy) is 3. The first-order chi connectivity index (χ1) is 39.0. The average Bonchev–Trinajstić information content (AvgIpc) is 3.45. The SMILES string of the molecule is CC/C=C\C/C=C\C/C=C\C/C=C\C/C=C\C/C=C\CCC(=O)OC(COC(=O)CCCCCCC/C=C\C/C=C\CCC)COC(=O)CCCCCCCCCCCCCCCCCCCCCCCCCCCCCCC. The van der Waals surface area contributed by atoms with Crippen LogP contribution < -0.4 is 0 Å². The number of carbonyl (C=O) groups excluding carboxylic acids is 3. The second kappa shape index (κ2) is 66.8. The Bertz CT molecular complexity index is 1540. The van der Waals surface area contributed by atoms with Crippen LogP contribution in [0.25, 0.3) is 0 Å². The van der Waals surface area contributed by atoms with Crippen LogP contribution in [0.4, 0.5) is 0 Å². The van der Waals surface area contributed by atoms with Crippen molar-refractivity contribution >= 4 is 17.9 Å². The summed E-state index contributed by atoms with van der Waals surface area (Å²) in [5.41, 5.74) is 0. The predicted molar refractivity (Wildman–Crippen MR) is 344 cm³/mol. The molecular weight excluding hydrogens is 973 g/mol.